The molecule has 0 aliphatic rings. The first kappa shape index (κ1) is 20.9. The molecule has 0 aromatic heterocycles. The summed E-state index contributed by atoms with van der Waals surface area (Å²) < 4.78 is 26.6. The quantitative estimate of drug-likeness (QED) is 0.609. The van der Waals surface area contributed by atoms with Crippen LogP contribution < -0.4 is 10.6 Å². The van der Waals surface area contributed by atoms with E-state index in [1.807, 2.05) is 27.7 Å². The molecule has 0 aliphatic heterocycles. The third-order valence-electron chi connectivity index (χ3n) is 3.25. The van der Waals surface area contributed by atoms with Crippen LogP contribution in [0.2, 0.25) is 0 Å². The summed E-state index contributed by atoms with van der Waals surface area (Å²) in [7, 11) is 1.77. The van der Waals surface area contributed by atoms with E-state index in [2.05, 4.69) is 15.6 Å². The molecular weight excluding hydrogens is 326 g/mol. The molecule has 0 spiro atoms. The van der Waals surface area contributed by atoms with Crippen LogP contribution in [0.15, 0.2) is 23.2 Å². The normalized spacial score (nSPS) is 12.0. The van der Waals surface area contributed by atoms with E-state index in [-0.39, 0.29) is 18.0 Å². The number of nitrogens with one attached hydrogen (secondary N) is 2. The molecule has 0 bridgehead atoms. The summed E-state index contributed by atoms with van der Waals surface area (Å²) in [6.07, 6.45) is 0.350. The van der Waals surface area contributed by atoms with E-state index in [0.717, 1.165) is 6.07 Å². The molecule has 2 N–H and O–H groups in total. The van der Waals surface area contributed by atoms with Crippen molar-refractivity contribution in [2.24, 2.45) is 4.99 Å². The second kappa shape index (κ2) is 9.34. The standard InChI is InChI=1S/C18H28F2N4O/c1-6-21-17(24(5)12-16(25)23-18(2,3)4)22-10-9-13-7-8-14(19)11-15(13)20/h7-8,11H,6,9-10,12H2,1-5H3,(H,21,22)(H,23,25). The molecule has 1 aromatic carbocycles. The first-order chi connectivity index (χ1) is 11.6. The SMILES string of the molecule is CCNC(=NCCc1ccc(F)cc1F)N(C)CC(=O)NC(C)(C)C. The second-order valence-corrected chi connectivity index (χ2v) is 6.88. The Kier molecular flexibility index (Phi) is 7.80. The van der Waals surface area contributed by atoms with Crippen LogP contribution in [0, 0.1) is 11.6 Å². The molecule has 0 heterocycles. The van der Waals surface area contributed by atoms with Gasteiger partial charge in [0.15, 0.2) is 5.96 Å². The summed E-state index contributed by atoms with van der Waals surface area (Å²) in [6.45, 7) is 8.82. The number of carbonyl (C=O) groups is 1. The molecule has 0 saturated carbocycles. The van der Waals surface area contributed by atoms with Gasteiger partial charge in [-0.2, -0.15) is 0 Å². The fourth-order valence-corrected chi connectivity index (χ4v) is 2.22. The Bertz CT molecular complexity index is 612. The van der Waals surface area contributed by atoms with Crippen molar-refractivity contribution < 1.29 is 13.6 Å². The summed E-state index contributed by atoms with van der Waals surface area (Å²) in [5.41, 5.74) is 0.113. The lowest BCUT2D eigenvalue weighted by molar-refractivity contribution is -0.122. The highest BCUT2D eigenvalue weighted by molar-refractivity contribution is 5.86. The molecule has 0 fully saturated rings. The molecule has 0 aliphatic carbocycles. The Morgan fingerprint density at radius 2 is 1.96 bits per heavy atom. The summed E-state index contributed by atoms with van der Waals surface area (Å²) in [5.74, 6) is -0.708. The van der Waals surface area contributed by atoms with Crippen molar-refractivity contribution >= 4 is 11.9 Å². The van der Waals surface area contributed by atoms with Crippen molar-refractivity contribution in [2.45, 2.75) is 39.7 Å². The van der Waals surface area contributed by atoms with Gasteiger partial charge >= 0.3 is 0 Å². The van der Waals surface area contributed by atoms with Gasteiger partial charge < -0.3 is 15.5 Å². The fraction of sp³-hybridized carbons (Fsp3) is 0.556. The zero-order valence-corrected chi connectivity index (χ0v) is 15.6. The predicted octanol–water partition coefficient (Wildman–Crippen LogP) is 2.32. The number of amides is 1. The van der Waals surface area contributed by atoms with Crippen LogP contribution >= 0.6 is 0 Å². The highest BCUT2D eigenvalue weighted by Gasteiger charge is 2.16. The van der Waals surface area contributed by atoms with Gasteiger partial charge in [0.05, 0.1) is 6.54 Å². The average molecular weight is 354 g/mol. The first-order valence-corrected chi connectivity index (χ1v) is 8.36. The van der Waals surface area contributed by atoms with E-state index < -0.39 is 11.6 Å². The van der Waals surface area contributed by atoms with Crippen LogP contribution in [0.1, 0.15) is 33.3 Å². The number of halogens is 2. The zero-order valence-electron chi connectivity index (χ0n) is 15.6. The van der Waals surface area contributed by atoms with Gasteiger partial charge in [0.2, 0.25) is 5.91 Å². The minimum absolute atomic E-state index is 0.106. The van der Waals surface area contributed by atoms with E-state index >= 15 is 0 Å². The third kappa shape index (κ3) is 7.96. The Labute approximate surface area is 148 Å². The third-order valence-corrected chi connectivity index (χ3v) is 3.25. The number of hydrogen-bond acceptors (Lipinski definition) is 2. The minimum Gasteiger partial charge on any atom is -0.357 e. The van der Waals surface area contributed by atoms with Crippen LogP contribution in [-0.2, 0) is 11.2 Å². The number of carbonyl (C=O) groups excluding carboxylic acids is 1. The maximum absolute atomic E-state index is 13.6. The summed E-state index contributed by atoms with van der Waals surface area (Å²) in [4.78, 5) is 18.2. The Morgan fingerprint density at radius 3 is 2.52 bits per heavy atom. The Morgan fingerprint density at radius 1 is 1.28 bits per heavy atom. The van der Waals surface area contributed by atoms with Crippen molar-refractivity contribution in [3.8, 4) is 0 Å². The molecule has 140 valence electrons. The number of nitrogens with zero attached hydrogens (tertiary/aromatic N) is 2. The molecule has 0 saturated heterocycles. The number of guanidine groups is 1. The summed E-state index contributed by atoms with van der Waals surface area (Å²) in [5, 5.41) is 6.00. The van der Waals surface area contributed by atoms with Crippen molar-refractivity contribution in [1.82, 2.24) is 15.5 Å². The number of likely N-dealkylation sites (N-methyl/N-ethyl adjacent to an activating group) is 1. The van der Waals surface area contributed by atoms with Gasteiger partial charge in [-0.15, -0.1) is 0 Å². The van der Waals surface area contributed by atoms with Gasteiger partial charge in [0, 0.05) is 31.7 Å². The average Bonchev–Trinajstić information content (AvgIpc) is 2.46. The minimum atomic E-state index is -0.595. The molecule has 0 atom stereocenters. The number of aliphatic imine (C=N–C) groups is 1. The number of hydrogen-bond donors (Lipinski definition) is 2. The lowest BCUT2D eigenvalue weighted by Crippen LogP contribution is -2.48. The van der Waals surface area contributed by atoms with Gasteiger partial charge in [0.25, 0.3) is 0 Å². The van der Waals surface area contributed by atoms with Crippen LogP contribution in [0.25, 0.3) is 0 Å². The van der Waals surface area contributed by atoms with Gasteiger partial charge in [-0.25, -0.2) is 8.78 Å². The molecule has 1 rings (SSSR count). The molecule has 5 nitrogen and oxygen atoms in total. The van der Waals surface area contributed by atoms with Gasteiger partial charge in [-0.1, -0.05) is 6.07 Å². The predicted molar refractivity (Wildman–Crippen MR) is 96.6 cm³/mol. The monoisotopic (exact) mass is 354 g/mol. The van der Waals surface area contributed by atoms with Crippen molar-refractivity contribution in [3.05, 3.63) is 35.4 Å². The van der Waals surface area contributed by atoms with Crippen molar-refractivity contribution in [2.75, 3.05) is 26.7 Å². The fourth-order valence-electron chi connectivity index (χ4n) is 2.22. The lowest BCUT2D eigenvalue weighted by Gasteiger charge is -2.25. The van der Waals surface area contributed by atoms with Crippen molar-refractivity contribution in [3.63, 3.8) is 0 Å². The lowest BCUT2D eigenvalue weighted by atomic mass is 10.1. The smallest absolute Gasteiger partial charge is 0.240 e. The Balaban J connectivity index is 2.67. The Hall–Kier alpha value is -2.18. The highest BCUT2D eigenvalue weighted by atomic mass is 19.1. The van der Waals surface area contributed by atoms with E-state index in [1.54, 1.807) is 11.9 Å². The van der Waals surface area contributed by atoms with Crippen LogP contribution in [0.5, 0.6) is 0 Å². The zero-order chi connectivity index (χ0) is 19.0. The molecule has 25 heavy (non-hydrogen) atoms. The largest absolute Gasteiger partial charge is 0.357 e. The van der Waals surface area contributed by atoms with E-state index in [0.29, 0.717) is 31.0 Å². The summed E-state index contributed by atoms with van der Waals surface area (Å²) >= 11 is 0. The maximum Gasteiger partial charge on any atom is 0.240 e. The second-order valence-electron chi connectivity index (χ2n) is 6.88. The maximum atomic E-state index is 13.6. The number of rotatable bonds is 6. The van der Waals surface area contributed by atoms with E-state index in [4.69, 9.17) is 0 Å². The van der Waals surface area contributed by atoms with Crippen LogP contribution in [0.3, 0.4) is 0 Å². The summed E-state index contributed by atoms with van der Waals surface area (Å²) in [6, 6.07) is 3.52. The van der Waals surface area contributed by atoms with Gasteiger partial charge in [-0.05, 0) is 45.7 Å². The molecule has 7 heteroatoms. The van der Waals surface area contributed by atoms with E-state index in [1.165, 1.54) is 12.1 Å². The van der Waals surface area contributed by atoms with Crippen LogP contribution in [-0.4, -0.2) is 49.0 Å². The molecule has 1 aromatic rings. The molecule has 0 unspecified atom stereocenters. The van der Waals surface area contributed by atoms with E-state index in [9.17, 15) is 13.6 Å². The van der Waals surface area contributed by atoms with Crippen molar-refractivity contribution in [1.29, 1.82) is 0 Å². The molecule has 0 radical (unpaired) electrons. The molecule has 1 amide bonds. The highest BCUT2D eigenvalue weighted by Crippen LogP contribution is 2.10. The topological polar surface area (TPSA) is 56.7 Å². The first-order valence-electron chi connectivity index (χ1n) is 8.36. The number of benzene rings is 1. The van der Waals surface area contributed by atoms with Gasteiger partial charge in [0.1, 0.15) is 11.6 Å². The molecular formula is C18H28F2N4O. The van der Waals surface area contributed by atoms with Gasteiger partial charge in [-0.3, -0.25) is 9.79 Å². The van der Waals surface area contributed by atoms with Crippen LogP contribution in [0.4, 0.5) is 8.78 Å².